The minimum Gasteiger partial charge on any atom is -0.497 e. The van der Waals surface area contributed by atoms with E-state index in [2.05, 4.69) is 12.1 Å². The zero-order chi connectivity index (χ0) is 11.8. The second-order valence-electron chi connectivity index (χ2n) is 3.70. The molecule has 16 heavy (non-hydrogen) atoms. The summed E-state index contributed by atoms with van der Waals surface area (Å²) < 4.78 is 5.06. The highest BCUT2D eigenvalue weighted by Gasteiger charge is 1.95. The molecule has 0 bridgehead atoms. The van der Waals surface area contributed by atoms with Gasteiger partial charge < -0.3 is 9.57 Å². The summed E-state index contributed by atoms with van der Waals surface area (Å²) in [6, 6.07) is 7.39. The van der Waals surface area contributed by atoms with Crippen molar-refractivity contribution < 1.29 is 9.57 Å². The summed E-state index contributed by atoms with van der Waals surface area (Å²) >= 11 is 0. The van der Waals surface area contributed by atoms with Crippen molar-refractivity contribution in [2.45, 2.75) is 33.1 Å². The molecule has 0 aliphatic carbocycles. The first kappa shape index (κ1) is 12.6. The Hall–Kier alpha value is -1.51. The Balaban J connectivity index is 2.46. The number of nitrogens with zero attached hydrogens (tertiary/aromatic N) is 1. The number of hydrogen-bond donors (Lipinski definition) is 0. The molecule has 3 heteroatoms. The standard InChI is InChI=1S/C13H19NO2/c1-4-5-6-11(2)14-16-13-9-7-12(15-3)8-10-13/h7-10H,4-6H2,1-3H3/b14-11+. The fraction of sp³-hybridized carbons (Fsp3) is 0.462. The van der Waals surface area contributed by atoms with Crippen molar-refractivity contribution >= 4 is 5.71 Å². The number of methoxy groups -OCH3 is 1. The van der Waals surface area contributed by atoms with Crippen LogP contribution in [0.4, 0.5) is 0 Å². The molecule has 0 aliphatic rings. The molecule has 0 heterocycles. The monoisotopic (exact) mass is 221 g/mol. The van der Waals surface area contributed by atoms with Gasteiger partial charge in [0.05, 0.1) is 12.8 Å². The Morgan fingerprint density at radius 3 is 2.38 bits per heavy atom. The maximum atomic E-state index is 5.30. The van der Waals surface area contributed by atoms with Crippen molar-refractivity contribution in [1.82, 2.24) is 0 Å². The van der Waals surface area contributed by atoms with Crippen molar-refractivity contribution in [3.05, 3.63) is 24.3 Å². The summed E-state index contributed by atoms with van der Waals surface area (Å²) in [5.41, 5.74) is 1.03. The van der Waals surface area contributed by atoms with Gasteiger partial charge in [0.15, 0.2) is 5.75 Å². The molecular formula is C13H19NO2. The zero-order valence-corrected chi connectivity index (χ0v) is 10.2. The highest BCUT2D eigenvalue weighted by atomic mass is 16.6. The van der Waals surface area contributed by atoms with Crippen LogP contribution in [0.3, 0.4) is 0 Å². The van der Waals surface area contributed by atoms with Crippen LogP contribution in [0.5, 0.6) is 11.5 Å². The van der Waals surface area contributed by atoms with Gasteiger partial charge in [-0.05, 0) is 44.0 Å². The van der Waals surface area contributed by atoms with Gasteiger partial charge in [-0.15, -0.1) is 0 Å². The van der Waals surface area contributed by atoms with Gasteiger partial charge in [0.2, 0.25) is 0 Å². The molecule has 0 amide bonds. The Morgan fingerprint density at radius 1 is 1.19 bits per heavy atom. The van der Waals surface area contributed by atoms with Crippen molar-refractivity contribution in [2.24, 2.45) is 5.16 Å². The van der Waals surface area contributed by atoms with Crippen LogP contribution in [0.15, 0.2) is 29.4 Å². The van der Waals surface area contributed by atoms with Crippen molar-refractivity contribution in [3.8, 4) is 11.5 Å². The van der Waals surface area contributed by atoms with E-state index in [0.29, 0.717) is 0 Å². The lowest BCUT2D eigenvalue weighted by atomic mass is 10.2. The molecule has 0 saturated heterocycles. The number of hydrogen-bond acceptors (Lipinski definition) is 3. The third kappa shape index (κ3) is 4.34. The molecule has 1 aromatic rings. The van der Waals surface area contributed by atoms with Crippen LogP contribution in [0.1, 0.15) is 33.1 Å². The Bertz CT molecular complexity index is 330. The fourth-order valence-corrected chi connectivity index (χ4v) is 1.25. The second kappa shape index (κ2) is 6.88. The quantitative estimate of drug-likeness (QED) is 0.542. The van der Waals surface area contributed by atoms with E-state index in [1.807, 2.05) is 31.2 Å². The van der Waals surface area contributed by atoms with E-state index < -0.39 is 0 Å². The third-order valence-corrected chi connectivity index (χ3v) is 2.26. The van der Waals surface area contributed by atoms with Crippen molar-refractivity contribution in [1.29, 1.82) is 0 Å². The van der Waals surface area contributed by atoms with Crippen LogP contribution in [-0.4, -0.2) is 12.8 Å². The topological polar surface area (TPSA) is 30.8 Å². The van der Waals surface area contributed by atoms with Gasteiger partial charge in [0.25, 0.3) is 0 Å². The van der Waals surface area contributed by atoms with E-state index >= 15 is 0 Å². The maximum Gasteiger partial charge on any atom is 0.158 e. The molecular weight excluding hydrogens is 202 g/mol. The van der Waals surface area contributed by atoms with Gasteiger partial charge >= 0.3 is 0 Å². The summed E-state index contributed by atoms with van der Waals surface area (Å²) in [5, 5.41) is 4.06. The lowest BCUT2D eigenvalue weighted by molar-refractivity contribution is 0.338. The minimum absolute atomic E-state index is 0.733. The molecule has 1 rings (SSSR count). The highest BCUT2D eigenvalue weighted by Crippen LogP contribution is 2.17. The first-order valence-corrected chi connectivity index (χ1v) is 5.60. The average Bonchev–Trinajstić information content (AvgIpc) is 2.34. The van der Waals surface area contributed by atoms with Crippen LogP contribution in [0, 0.1) is 0 Å². The van der Waals surface area contributed by atoms with Crippen LogP contribution >= 0.6 is 0 Å². The van der Waals surface area contributed by atoms with Gasteiger partial charge in [0.1, 0.15) is 5.75 Å². The molecule has 0 fully saturated rings. The average molecular weight is 221 g/mol. The molecule has 88 valence electrons. The predicted molar refractivity (Wildman–Crippen MR) is 66.3 cm³/mol. The van der Waals surface area contributed by atoms with E-state index in [1.54, 1.807) is 7.11 Å². The van der Waals surface area contributed by atoms with Crippen LogP contribution in [0.2, 0.25) is 0 Å². The summed E-state index contributed by atoms with van der Waals surface area (Å²) in [4.78, 5) is 5.30. The lowest BCUT2D eigenvalue weighted by Gasteiger charge is -2.02. The lowest BCUT2D eigenvalue weighted by Crippen LogP contribution is -1.95. The van der Waals surface area contributed by atoms with E-state index in [9.17, 15) is 0 Å². The Labute approximate surface area is 97.1 Å². The smallest absolute Gasteiger partial charge is 0.158 e. The largest absolute Gasteiger partial charge is 0.497 e. The Kier molecular flexibility index (Phi) is 5.40. The van der Waals surface area contributed by atoms with Crippen molar-refractivity contribution in [2.75, 3.05) is 7.11 Å². The van der Waals surface area contributed by atoms with E-state index in [4.69, 9.17) is 9.57 Å². The molecule has 1 aromatic carbocycles. The molecule has 0 unspecified atom stereocenters. The first-order valence-electron chi connectivity index (χ1n) is 5.60. The van der Waals surface area contributed by atoms with E-state index in [-0.39, 0.29) is 0 Å². The van der Waals surface area contributed by atoms with E-state index in [0.717, 1.165) is 30.1 Å². The number of benzene rings is 1. The van der Waals surface area contributed by atoms with Gasteiger partial charge in [-0.2, -0.15) is 0 Å². The second-order valence-corrected chi connectivity index (χ2v) is 3.70. The molecule has 0 atom stereocenters. The molecule has 0 aromatic heterocycles. The number of unbranched alkanes of at least 4 members (excludes halogenated alkanes) is 1. The molecule has 0 N–H and O–H groups in total. The molecule has 0 aliphatic heterocycles. The molecule has 3 nitrogen and oxygen atoms in total. The Morgan fingerprint density at radius 2 is 1.81 bits per heavy atom. The van der Waals surface area contributed by atoms with Crippen LogP contribution in [-0.2, 0) is 0 Å². The zero-order valence-electron chi connectivity index (χ0n) is 10.2. The third-order valence-electron chi connectivity index (χ3n) is 2.26. The van der Waals surface area contributed by atoms with Gasteiger partial charge in [0, 0.05) is 0 Å². The van der Waals surface area contributed by atoms with Crippen LogP contribution < -0.4 is 9.57 Å². The van der Waals surface area contributed by atoms with Gasteiger partial charge in [-0.3, -0.25) is 0 Å². The first-order chi connectivity index (χ1) is 7.76. The number of oxime groups is 1. The fourth-order valence-electron chi connectivity index (χ4n) is 1.25. The maximum absolute atomic E-state index is 5.30. The van der Waals surface area contributed by atoms with E-state index in [1.165, 1.54) is 6.42 Å². The SMILES string of the molecule is CCCC/C(C)=N/Oc1ccc(OC)cc1. The molecule has 0 saturated carbocycles. The number of ether oxygens (including phenoxy) is 1. The van der Waals surface area contributed by atoms with Gasteiger partial charge in [-0.1, -0.05) is 18.5 Å². The highest BCUT2D eigenvalue weighted by molar-refractivity contribution is 5.81. The summed E-state index contributed by atoms with van der Waals surface area (Å²) in [5.74, 6) is 1.55. The number of rotatable bonds is 6. The summed E-state index contributed by atoms with van der Waals surface area (Å²) in [7, 11) is 1.64. The summed E-state index contributed by atoms with van der Waals surface area (Å²) in [6.45, 7) is 4.15. The van der Waals surface area contributed by atoms with Crippen molar-refractivity contribution in [3.63, 3.8) is 0 Å². The van der Waals surface area contributed by atoms with Gasteiger partial charge in [-0.25, -0.2) is 0 Å². The van der Waals surface area contributed by atoms with Crippen LogP contribution in [0.25, 0.3) is 0 Å². The molecule has 0 spiro atoms. The molecule has 0 radical (unpaired) electrons. The normalized spacial score (nSPS) is 11.3. The predicted octanol–water partition coefficient (Wildman–Crippen LogP) is 3.64. The summed E-state index contributed by atoms with van der Waals surface area (Å²) in [6.07, 6.45) is 3.32. The minimum atomic E-state index is 0.733.